The fraction of sp³-hybridized carbons (Fsp3) is 0.417. The second kappa shape index (κ2) is 4.29. The Morgan fingerprint density at radius 3 is 2.80 bits per heavy atom. The molecule has 3 heteroatoms. The van der Waals surface area contributed by atoms with Crippen LogP contribution in [0, 0.1) is 0 Å². The van der Waals surface area contributed by atoms with Gasteiger partial charge in [0.25, 0.3) is 0 Å². The van der Waals surface area contributed by atoms with Crippen molar-refractivity contribution < 1.29 is 0 Å². The summed E-state index contributed by atoms with van der Waals surface area (Å²) in [5.41, 5.74) is 6.34. The number of hydrogen-bond donors (Lipinski definition) is 1. The summed E-state index contributed by atoms with van der Waals surface area (Å²) in [5, 5.41) is 2.18. The molecule has 1 N–H and O–H groups in total. The van der Waals surface area contributed by atoms with Gasteiger partial charge in [0.1, 0.15) is 0 Å². The maximum atomic E-state index is 4.80. The lowest BCUT2D eigenvalue weighted by molar-refractivity contribution is 0.282. The van der Waals surface area contributed by atoms with Gasteiger partial charge in [0.15, 0.2) is 0 Å². The maximum Gasteiger partial charge on any atom is 0.0759 e. The molecular formula is C12H16N2S. The van der Waals surface area contributed by atoms with Crippen molar-refractivity contribution in [3.8, 4) is 0 Å². The van der Waals surface area contributed by atoms with Gasteiger partial charge in [-0.1, -0.05) is 49.5 Å². The van der Waals surface area contributed by atoms with Gasteiger partial charge in [-0.05, 0) is 12.0 Å². The van der Waals surface area contributed by atoms with Crippen LogP contribution in [0.1, 0.15) is 18.9 Å². The lowest BCUT2D eigenvalue weighted by Gasteiger charge is -2.24. The van der Waals surface area contributed by atoms with Gasteiger partial charge < -0.3 is 5.43 Å². The van der Waals surface area contributed by atoms with Crippen LogP contribution < -0.4 is 5.43 Å². The highest BCUT2D eigenvalue weighted by molar-refractivity contribution is 7.78. The Bertz CT molecular complexity index is 339. The van der Waals surface area contributed by atoms with Gasteiger partial charge in [-0.2, -0.15) is 0 Å². The van der Waals surface area contributed by atoms with Crippen molar-refractivity contribution in [2.24, 2.45) is 0 Å². The van der Waals surface area contributed by atoms with Gasteiger partial charge in [0.05, 0.1) is 5.49 Å². The van der Waals surface area contributed by atoms with E-state index in [-0.39, 0.29) is 5.41 Å². The summed E-state index contributed by atoms with van der Waals surface area (Å²) in [6.45, 7) is 4.38. The highest BCUT2D eigenvalue weighted by atomic mass is 32.1. The monoisotopic (exact) mass is 220 g/mol. The SMILES string of the molecule is CC1(c2ccccc2)CCN(NC=S)C1. The van der Waals surface area contributed by atoms with Crippen molar-refractivity contribution in [2.45, 2.75) is 18.8 Å². The van der Waals surface area contributed by atoms with Crippen LogP contribution in [0.3, 0.4) is 0 Å². The standard InChI is InChI=1S/C12H16N2S/c1-12(11-5-3-2-4-6-11)7-8-14(9-12)13-10-15/h2-6,10H,7-9H2,1H3,(H,13,15). The smallest absolute Gasteiger partial charge is 0.0759 e. The fourth-order valence-corrected chi connectivity index (χ4v) is 2.37. The Morgan fingerprint density at radius 2 is 2.13 bits per heavy atom. The van der Waals surface area contributed by atoms with Crippen molar-refractivity contribution in [1.82, 2.24) is 10.4 Å². The van der Waals surface area contributed by atoms with E-state index in [0.717, 1.165) is 13.1 Å². The number of benzene rings is 1. The zero-order valence-electron chi connectivity index (χ0n) is 8.94. The molecule has 1 aliphatic heterocycles. The van der Waals surface area contributed by atoms with Crippen LogP contribution in [-0.2, 0) is 5.41 Å². The molecular weight excluding hydrogens is 204 g/mol. The minimum Gasteiger partial charge on any atom is -0.315 e. The number of hydrogen-bond acceptors (Lipinski definition) is 2. The molecule has 0 saturated carbocycles. The first-order chi connectivity index (χ1) is 7.24. The highest BCUT2D eigenvalue weighted by Crippen LogP contribution is 2.32. The molecule has 0 aliphatic carbocycles. The molecule has 1 fully saturated rings. The number of nitrogens with one attached hydrogen (secondary N) is 1. The van der Waals surface area contributed by atoms with E-state index in [1.807, 2.05) is 0 Å². The lowest BCUT2D eigenvalue weighted by atomic mass is 9.82. The molecule has 1 aliphatic rings. The topological polar surface area (TPSA) is 15.3 Å². The van der Waals surface area contributed by atoms with Crippen LogP contribution in [0.4, 0.5) is 0 Å². The number of hydrazine groups is 1. The summed E-state index contributed by atoms with van der Waals surface area (Å²) < 4.78 is 0. The van der Waals surface area contributed by atoms with Crippen LogP contribution >= 0.6 is 12.2 Å². The molecule has 0 amide bonds. The number of nitrogens with zero attached hydrogens (tertiary/aromatic N) is 1. The Kier molecular flexibility index (Phi) is 3.03. The van der Waals surface area contributed by atoms with Crippen LogP contribution in [0.5, 0.6) is 0 Å². The van der Waals surface area contributed by atoms with Crippen LogP contribution in [-0.4, -0.2) is 23.6 Å². The Hall–Kier alpha value is -0.930. The quantitative estimate of drug-likeness (QED) is 0.785. The molecule has 2 nitrogen and oxygen atoms in total. The largest absolute Gasteiger partial charge is 0.315 e. The first-order valence-corrected chi connectivity index (χ1v) is 5.72. The molecule has 15 heavy (non-hydrogen) atoms. The third-order valence-corrected chi connectivity index (χ3v) is 3.28. The second-order valence-corrected chi connectivity index (χ2v) is 4.58. The van der Waals surface area contributed by atoms with Crippen molar-refractivity contribution in [1.29, 1.82) is 0 Å². The zero-order valence-corrected chi connectivity index (χ0v) is 9.76. The minimum atomic E-state index is 0.257. The zero-order chi connectivity index (χ0) is 10.7. The highest BCUT2D eigenvalue weighted by Gasteiger charge is 2.34. The van der Waals surface area contributed by atoms with Crippen molar-refractivity contribution in [2.75, 3.05) is 13.1 Å². The Balaban J connectivity index is 2.13. The van der Waals surface area contributed by atoms with Gasteiger partial charge in [-0.3, -0.25) is 0 Å². The summed E-state index contributed by atoms with van der Waals surface area (Å²) in [5.74, 6) is 0. The predicted octanol–water partition coefficient (Wildman–Crippen LogP) is 2.11. The molecule has 1 aromatic rings. The third-order valence-electron chi connectivity index (χ3n) is 3.18. The molecule has 0 radical (unpaired) electrons. The predicted molar refractivity (Wildman–Crippen MR) is 66.8 cm³/mol. The van der Waals surface area contributed by atoms with Gasteiger partial charge in [-0.25, -0.2) is 5.01 Å². The molecule has 1 saturated heterocycles. The molecule has 1 aromatic carbocycles. The third kappa shape index (κ3) is 2.19. The molecule has 0 spiro atoms. The molecule has 0 bridgehead atoms. The Labute approximate surface area is 96.3 Å². The molecule has 0 aromatic heterocycles. The first-order valence-electron chi connectivity index (χ1n) is 5.25. The number of thiocarbonyl (C=S) groups is 1. The van der Waals surface area contributed by atoms with Crippen molar-refractivity contribution in [3.05, 3.63) is 35.9 Å². The van der Waals surface area contributed by atoms with Gasteiger partial charge in [0, 0.05) is 18.5 Å². The summed E-state index contributed by atoms with van der Waals surface area (Å²) in [4.78, 5) is 0. The molecule has 1 unspecified atom stereocenters. The van der Waals surface area contributed by atoms with Crippen LogP contribution in [0.15, 0.2) is 30.3 Å². The Morgan fingerprint density at radius 1 is 1.40 bits per heavy atom. The van der Waals surface area contributed by atoms with Crippen LogP contribution in [0.25, 0.3) is 0 Å². The van der Waals surface area contributed by atoms with Gasteiger partial charge in [0.2, 0.25) is 0 Å². The van der Waals surface area contributed by atoms with E-state index in [4.69, 9.17) is 12.2 Å². The fourth-order valence-electron chi connectivity index (χ4n) is 2.22. The molecule has 2 rings (SSSR count). The summed E-state index contributed by atoms with van der Waals surface area (Å²) in [7, 11) is 0. The minimum absolute atomic E-state index is 0.257. The van der Waals surface area contributed by atoms with E-state index in [9.17, 15) is 0 Å². The van der Waals surface area contributed by atoms with Crippen LogP contribution in [0.2, 0.25) is 0 Å². The van der Waals surface area contributed by atoms with E-state index in [0.29, 0.717) is 0 Å². The van der Waals surface area contributed by atoms with E-state index in [1.165, 1.54) is 12.0 Å². The van der Waals surface area contributed by atoms with Gasteiger partial charge >= 0.3 is 0 Å². The van der Waals surface area contributed by atoms with E-state index >= 15 is 0 Å². The van der Waals surface area contributed by atoms with Crippen molar-refractivity contribution >= 4 is 17.7 Å². The van der Waals surface area contributed by atoms with E-state index in [1.54, 1.807) is 5.49 Å². The average Bonchev–Trinajstić information content (AvgIpc) is 2.64. The molecule has 1 heterocycles. The normalized spacial score (nSPS) is 26.5. The summed E-state index contributed by atoms with van der Waals surface area (Å²) in [6.07, 6.45) is 1.17. The van der Waals surface area contributed by atoms with E-state index in [2.05, 4.69) is 47.7 Å². The van der Waals surface area contributed by atoms with Crippen molar-refractivity contribution in [3.63, 3.8) is 0 Å². The number of rotatable bonds is 3. The molecule has 80 valence electrons. The summed E-state index contributed by atoms with van der Waals surface area (Å²) >= 11 is 4.80. The summed E-state index contributed by atoms with van der Waals surface area (Å²) in [6, 6.07) is 10.7. The van der Waals surface area contributed by atoms with Gasteiger partial charge in [-0.15, -0.1) is 0 Å². The lowest BCUT2D eigenvalue weighted by Crippen LogP contribution is -2.37. The second-order valence-electron chi connectivity index (χ2n) is 4.35. The van der Waals surface area contributed by atoms with E-state index < -0.39 is 0 Å². The molecule has 1 atom stereocenters. The maximum absolute atomic E-state index is 4.80. The first kappa shape index (κ1) is 10.6. The average molecular weight is 220 g/mol.